The molecule has 0 aliphatic rings. The molecule has 0 fully saturated rings. The second kappa shape index (κ2) is 7.29. The van der Waals surface area contributed by atoms with Gasteiger partial charge in [0.2, 0.25) is 0 Å². The van der Waals surface area contributed by atoms with Crippen molar-refractivity contribution in [1.82, 2.24) is 15.6 Å². The third-order valence-corrected chi connectivity index (χ3v) is 2.21. The van der Waals surface area contributed by atoms with Gasteiger partial charge in [0.25, 0.3) is 0 Å². The third-order valence-electron chi connectivity index (χ3n) is 2.21. The number of hydrogen-bond acceptors (Lipinski definition) is 2. The maximum absolute atomic E-state index is 5.20. The second-order valence-corrected chi connectivity index (χ2v) is 3.52. The number of pyridine rings is 1. The van der Waals surface area contributed by atoms with E-state index in [0.29, 0.717) is 13.1 Å². The average Bonchev–Trinajstić information content (AvgIpc) is 2.34. The monoisotopic (exact) mass is 230 g/mol. The van der Waals surface area contributed by atoms with E-state index in [1.165, 1.54) is 0 Å². The largest absolute Gasteiger partial charge is 0.357 e. The van der Waals surface area contributed by atoms with E-state index in [-0.39, 0.29) is 0 Å². The van der Waals surface area contributed by atoms with Crippen molar-refractivity contribution in [3.63, 3.8) is 0 Å². The van der Waals surface area contributed by atoms with Crippen LogP contribution in [0.2, 0.25) is 0 Å². The molecule has 2 N–H and O–H groups in total. The molecular formula is C13H18N4. The summed E-state index contributed by atoms with van der Waals surface area (Å²) in [5.74, 6) is 3.24. The number of aromatic nitrogens is 1. The predicted octanol–water partition coefficient (Wildman–Crippen LogP) is 1.08. The predicted molar refractivity (Wildman–Crippen MR) is 70.6 cm³/mol. The van der Waals surface area contributed by atoms with E-state index in [0.717, 1.165) is 23.8 Å². The van der Waals surface area contributed by atoms with Crippen molar-refractivity contribution in [3.8, 4) is 12.3 Å². The summed E-state index contributed by atoms with van der Waals surface area (Å²) in [6, 6.07) is 3.95. The van der Waals surface area contributed by atoms with Crippen LogP contribution in [0.1, 0.15) is 18.2 Å². The SMILES string of the molecule is C#CCNC(=NCc1ncccc1C)NCC. The van der Waals surface area contributed by atoms with Gasteiger partial charge in [0.15, 0.2) is 5.96 Å². The zero-order valence-corrected chi connectivity index (χ0v) is 10.3. The van der Waals surface area contributed by atoms with Gasteiger partial charge >= 0.3 is 0 Å². The van der Waals surface area contributed by atoms with Gasteiger partial charge in [0.1, 0.15) is 0 Å². The molecule has 0 aliphatic carbocycles. The molecule has 1 heterocycles. The minimum atomic E-state index is 0.465. The summed E-state index contributed by atoms with van der Waals surface area (Å²) in [4.78, 5) is 8.71. The van der Waals surface area contributed by atoms with Crippen molar-refractivity contribution >= 4 is 5.96 Å². The van der Waals surface area contributed by atoms with Crippen LogP contribution < -0.4 is 10.6 Å². The number of aliphatic imine (C=N–C) groups is 1. The van der Waals surface area contributed by atoms with Crippen molar-refractivity contribution in [2.24, 2.45) is 4.99 Å². The lowest BCUT2D eigenvalue weighted by molar-refractivity contribution is 0.854. The summed E-state index contributed by atoms with van der Waals surface area (Å²) >= 11 is 0. The number of nitrogens with one attached hydrogen (secondary N) is 2. The molecule has 17 heavy (non-hydrogen) atoms. The third kappa shape index (κ3) is 4.56. The van der Waals surface area contributed by atoms with Crippen molar-refractivity contribution in [2.75, 3.05) is 13.1 Å². The topological polar surface area (TPSA) is 49.3 Å². The minimum Gasteiger partial charge on any atom is -0.357 e. The van der Waals surface area contributed by atoms with Crippen LogP contribution >= 0.6 is 0 Å². The van der Waals surface area contributed by atoms with E-state index in [9.17, 15) is 0 Å². The molecule has 4 heteroatoms. The highest BCUT2D eigenvalue weighted by molar-refractivity contribution is 5.79. The van der Waals surface area contributed by atoms with Crippen LogP contribution in [0, 0.1) is 19.3 Å². The first-order chi connectivity index (χ1) is 8.27. The molecule has 0 atom stereocenters. The van der Waals surface area contributed by atoms with Gasteiger partial charge in [-0.3, -0.25) is 4.98 Å². The molecule has 0 aliphatic heterocycles. The summed E-state index contributed by atoms with van der Waals surface area (Å²) in [5.41, 5.74) is 2.12. The molecule has 90 valence electrons. The van der Waals surface area contributed by atoms with Gasteiger partial charge in [0.05, 0.1) is 18.8 Å². The summed E-state index contributed by atoms with van der Waals surface area (Å²) in [5, 5.41) is 6.16. The van der Waals surface area contributed by atoms with E-state index in [4.69, 9.17) is 6.42 Å². The highest BCUT2D eigenvalue weighted by Crippen LogP contribution is 2.03. The van der Waals surface area contributed by atoms with E-state index < -0.39 is 0 Å². The fraction of sp³-hybridized carbons (Fsp3) is 0.385. The Labute approximate surface area is 103 Å². The van der Waals surface area contributed by atoms with Gasteiger partial charge in [-0.1, -0.05) is 12.0 Å². The van der Waals surface area contributed by atoms with Crippen LogP contribution in [0.3, 0.4) is 0 Å². The molecule has 4 nitrogen and oxygen atoms in total. The Hall–Kier alpha value is -2.02. The van der Waals surface area contributed by atoms with Gasteiger partial charge in [-0.2, -0.15) is 0 Å². The molecule has 0 aromatic carbocycles. The van der Waals surface area contributed by atoms with Gasteiger partial charge in [0, 0.05) is 12.7 Å². The molecule has 1 aromatic rings. The molecule has 1 aromatic heterocycles. The number of nitrogens with zero attached hydrogens (tertiary/aromatic N) is 2. The molecule has 0 saturated carbocycles. The number of aryl methyl sites for hydroxylation is 1. The molecule has 0 radical (unpaired) electrons. The highest BCUT2D eigenvalue weighted by Gasteiger charge is 1.99. The summed E-state index contributed by atoms with van der Waals surface area (Å²) in [7, 11) is 0. The lowest BCUT2D eigenvalue weighted by Crippen LogP contribution is -2.37. The van der Waals surface area contributed by atoms with Gasteiger partial charge in [-0.15, -0.1) is 6.42 Å². The first-order valence-electron chi connectivity index (χ1n) is 5.64. The molecule has 0 unspecified atom stereocenters. The van der Waals surface area contributed by atoms with Crippen LogP contribution in [0.4, 0.5) is 0 Å². The van der Waals surface area contributed by atoms with Crippen molar-refractivity contribution in [1.29, 1.82) is 0 Å². The van der Waals surface area contributed by atoms with E-state index in [2.05, 4.69) is 26.5 Å². The fourth-order valence-corrected chi connectivity index (χ4v) is 1.31. The zero-order chi connectivity index (χ0) is 12.5. The van der Waals surface area contributed by atoms with Crippen LogP contribution in [-0.4, -0.2) is 24.0 Å². The van der Waals surface area contributed by atoms with Crippen LogP contribution in [0.5, 0.6) is 0 Å². The number of rotatable bonds is 4. The lowest BCUT2D eigenvalue weighted by Gasteiger charge is -2.09. The van der Waals surface area contributed by atoms with Crippen molar-refractivity contribution < 1.29 is 0 Å². The van der Waals surface area contributed by atoms with Gasteiger partial charge < -0.3 is 10.6 Å². The molecule has 0 saturated heterocycles. The highest BCUT2D eigenvalue weighted by atomic mass is 15.2. The molecular weight excluding hydrogens is 212 g/mol. The Bertz CT molecular complexity index is 418. The second-order valence-electron chi connectivity index (χ2n) is 3.52. The Morgan fingerprint density at radius 1 is 1.53 bits per heavy atom. The summed E-state index contributed by atoms with van der Waals surface area (Å²) in [6.07, 6.45) is 6.97. The molecule has 0 amide bonds. The lowest BCUT2D eigenvalue weighted by atomic mass is 10.2. The molecule has 0 bridgehead atoms. The number of terminal acetylenes is 1. The van der Waals surface area contributed by atoms with Crippen molar-refractivity contribution in [2.45, 2.75) is 20.4 Å². The Morgan fingerprint density at radius 2 is 2.35 bits per heavy atom. The zero-order valence-electron chi connectivity index (χ0n) is 10.3. The molecule has 1 rings (SSSR count). The fourth-order valence-electron chi connectivity index (χ4n) is 1.31. The van der Waals surface area contributed by atoms with E-state index in [1.54, 1.807) is 6.20 Å². The minimum absolute atomic E-state index is 0.465. The summed E-state index contributed by atoms with van der Waals surface area (Å²) in [6.45, 7) is 5.86. The van der Waals surface area contributed by atoms with Gasteiger partial charge in [-0.25, -0.2) is 4.99 Å². The van der Waals surface area contributed by atoms with Crippen molar-refractivity contribution in [3.05, 3.63) is 29.6 Å². The number of guanidine groups is 1. The van der Waals surface area contributed by atoms with Crippen LogP contribution in [-0.2, 0) is 6.54 Å². The van der Waals surface area contributed by atoms with Gasteiger partial charge in [-0.05, 0) is 25.5 Å². The first kappa shape index (κ1) is 13.0. The first-order valence-corrected chi connectivity index (χ1v) is 5.64. The van der Waals surface area contributed by atoms with Crippen LogP contribution in [0.15, 0.2) is 23.3 Å². The maximum atomic E-state index is 5.20. The normalized spacial score (nSPS) is 10.8. The van der Waals surface area contributed by atoms with E-state index in [1.807, 2.05) is 26.0 Å². The van der Waals surface area contributed by atoms with Crippen LogP contribution in [0.25, 0.3) is 0 Å². The standard InChI is InChI=1S/C13H18N4/c1-4-8-16-13(14-5-2)17-10-12-11(3)7-6-9-15-12/h1,6-7,9H,5,8,10H2,2-3H3,(H2,14,16,17). The smallest absolute Gasteiger partial charge is 0.192 e. The maximum Gasteiger partial charge on any atom is 0.192 e. The molecule has 0 spiro atoms. The number of hydrogen-bond donors (Lipinski definition) is 2. The van der Waals surface area contributed by atoms with E-state index >= 15 is 0 Å². The Morgan fingerprint density at radius 3 is 3.00 bits per heavy atom. The Kier molecular flexibility index (Phi) is 5.59. The average molecular weight is 230 g/mol. The summed E-state index contributed by atoms with van der Waals surface area (Å²) < 4.78 is 0. The Balaban J connectivity index is 2.65. The quantitative estimate of drug-likeness (QED) is 0.462.